The van der Waals surface area contributed by atoms with Gasteiger partial charge >= 0.3 is 5.97 Å². The molecular formula is C12H13N3O6. The Labute approximate surface area is 118 Å². The van der Waals surface area contributed by atoms with Gasteiger partial charge in [0.05, 0.1) is 28.9 Å². The van der Waals surface area contributed by atoms with Crippen molar-refractivity contribution in [2.24, 2.45) is 11.5 Å². The summed E-state index contributed by atoms with van der Waals surface area (Å²) in [5.41, 5.74) is 8.51. The average Bonchev–Trinajstić information content (AvgIpc) is 2.42. The lowest BCUT2D eigenvalue weighted by Gasteiger charge is -2.11. The summed E-state index contributed by atoms with van der Waals surface area (Å²) >= 11 is 0. The summed E-state index contributed by atoms with van der Waals surface area (Å²) in [4.78, 5) is 45.5. The first-order valence-electron chi connectivity index (χ1n) is 5.69. The highest BCUT2D eigenvalue weighted by atomic mass is 16.4. The third-order valence-electron chi connectivity index (χ3n) is 2.56. The molecular weight excluding hydrogens is 282 g/mol. The van der Waals surface area contributed by atoms with Crippen molar-refractivity contribution in [1.82, 2.24) is 5.32 Å². The van der Waals surface area contributed by atoms with Crippen LogP contribution in [0.2, 0.25) is 0 Å². The van der Waals surface area contributed by atoms with Gasteiger partial charge in [-0.2, -0.15) is 0 Å². The van der Waals surface area contributed by atoms with Gasteiger partial charge in [0.15, 0.2) is 0 Å². The van der Waals surface area contributed by atoms with Crippen LogP contribution in [0.15, 0.2) is 12.1 Å². The molecule has 21 heavy (non-hydrogen) atoms. The van der Waals surface area contributed by atoms with E-state index in [1.54, 1.807) is 0 Å². The molecule has 0 spiro atoms. The molecule has 0 aliphatic rings. The van der Waals surface area contributed by atoms with Crippen molar-refractivity contribution in [3.8, 4) is 0 Å². The second-order valence-electron chi connectivity index (χ2n) is 3.96. The van der Waals surface area contributed by atoms with E-state index in [4.69, 9.17) is 21.7 Å². The largest absolute Gasteiger partial charge is 0.478 e. The van der Waals surface area contributed by atoms with Crippen LogP contribution in [0.1, 0.15) is 41.4 Å². The monoisotopic (exact) mass is 295 g/mol. The number of nitrogens with one attached hydrogen (secondary N) is 1. The van der Waals surface area contributed by atoms with Crippen molar-refractivity contribution in [3.63, 3.8) is 0 Å². The molecule has 112 valence electrons. The maximum absolute atomic E-state index is 11.8. The number of carbonyl (C=O) groups is 4. The summed E-state index contributed by atoms with van der Waals surface area (Å²) < 4.78 is 0. The number of hydrogen-bond acceptors (Lipinski definition) is 5. The second-order valence-corrected chi connectivity index (χ2v) is 3.96. The maximum Gasteiger partial charge on any atom is 0.336 e. The van der Waals surface area contributed by atoms with Gasteiger partial charge in [0.1, 0.15) is 0 Å². The summed E-state index contributed by atoms with van der Waals surface area (Å²) in [6, 6.07) is 1.71. The predicted octanol–water partition coefficient (Wildman–Crippen LogP) is -1.70. The molecule has 7 N–H and O–H groups in total. The number of carboxylic acid groups (broad SMARTS) is 1. The lowest BCUT2D eigenvalue weighted by Crippen LogP contribution is -2.30. The third-order valence-corrected chi connectivity index (χ3v) is 2.56. The van der Waals surface area contributed by atoms with Crippen molar-refractivity contribution in [3.05, 3.63) is 34.4 Å². The van der Waals surface area contributed by atoms with E-state index in [0.29, 0.717) is 0 Å². The average molecular weight is 295 g/mol. The Kier molecular flexibility index (Phi) is 4.97. The Morgan fingerprint density at radius 2 is 1.43 bits per heavy atom. The zero-order chi connectivity index (χ0) is 16.2. The fraction of sp³-hybridized carbons (Fsp3) is 0.167. The van der Waals surface area contributed by atoms with E-state index in [0.717, 1.165) is 12.1 Å². The number of benzene rings is 1. The summed E-state index contributed by atoms with van der Waals surface area (Å²) in [7, 11) is 0. The summed E-state index contributed by atoms with van der Waals surface area (Å²) in [5.74, 6) is -4.40. The molecule has 0 atom stereocenters. The fourth-order valence-electron chi connectivity index (χ4n) is 1.64. The van der Waals surface area contributed by atoms with Crippen LogP contribution in [0.25, 0.3) is 0 Å². The fourth-order valence-corrected chi connectivity index (χ4v) is 1.64. The molecule has 1 aromatic rings. The van der Waals surface area contributed by atoms with Gasteiger partial charge in [-0.1, -0.05) is 0 Å². The van der Waals surface area contributed by atoms with E-state index in [9.17, 15) is 19.2 Å². The first-order valence-corrected chi connectivity index (χ1v) is 5.69. The number of aromatic carboxylic acids is 1. The third kappa shape index (κ3) is 3.54. The van der Waals surface area contributed by atoms with Crippen molar-refractivity contribution in [2.45, 2.75) is 0 Å². The molecule has 0 radical (unpaired) electrons. The smallest absolute Gasteiger partial charge is 0.336 e. The molecule has 9 nitrogen and oxygen atoms in total. The quantitative estimate of drug-likeness (QED) is 0.418. The zero-order valence-corrected chi connectivity index (χ0v) is 10.8. The molecule has 0 aromatic heterocycles. The summed E-state index contributed by atoms with van der Waals surface area (Å²) in [5, 5.41) is 20.0. The normalized spacial score (nSPS) is 9.95. The number of rotatable bonds is 6. The highest BCUT2D eigenvalue weighted by Crippen LogP contribution is 2.17. The van der Waals surface area contributed by atoms with Gasteiger partial charge in [-0.05, 0) is 12.1 Å². The molecule has 0 fully saturated rings. The van der Waals surface area contributed by atoms with Crippen LogP contribution in [0, 0.1) is 0 Å². The minimum Gasteiger partial charge on any atom is -0.478 e. The summed E-state index contributed by atoms with van der Waals surface area (Å²) in [6.45, 7) is -0.461. The van der Waals surface area contributed by atoms with Crippen LogP contribution in [-0.2, 0) is 0 Å². The number of carboxylic acids is 1. The van der Waals surface area contributed by atoms with Crippen LogP contribution < -0.4 is 16.8 Å². The van der Waals surface area contributed by atoms with E-state index in [-0.39, 0.29) is 24.3 Å². The van der Waals surface area contributed by atoms with E-state index in [1.807, 2.05) is 0 Å². The Bertz CT molecular complexity index is 626. The number of primary amides is 2. The molecule has 9 heteroatoms. The maximum atomic E-state index is 11.8. The summed E-state index contributed by atoms with van der Waals surface area (Å²) in [6.07, 6.45) is 0. The first-order chi connectivity index (χ1) is 9.79. The minimum absolute atomic E-state index is 0.110. The lowest BCUT2D eigenvalue weighted by molar-refractivity contribution is 0.0690. The SMILES string of the molecule is NC(=O)c1cc(C(=O)O)c(C(=O)NCCO)cc1C(N)=O. The van der Waals surface area contributed by atoms with Crippen LogP contribution in [-0.4, -0.2) is 47.1 Å². The standard InChI is InChI=1S/C12H13N3O6/c13-9(17)5-3-7(11(19)15-1-2-16)8(12(20)21)4-6(5)10(14)18/h3-4,16H,1-2H2,(H2,13,17)(H2,14,18)(H,15,19)(H,20,21). The highest BCUT2D eigenvalue weighted by molar-refractivity contribution is 6.12. The first kappa shape index (κ1) is 16.1. The van der Waals surface area contributed by atoms with Gasteiger partial charge in [0, 0.05) is 6.54 Å². The highest BCUT2D eigenvalue weighted by Gasteiger charge is 2.23. The predicted molar refractivity (Wildman–Crippen MR) is 69.9 cm³/mol. The number of aliphatic hydroxyl groups is 1. The molecule has 0 heterocycles. The number of aliphatic hydroxyl groups excluding tert-OH is 1. The van der Waals surface area contributed by atoms with E-state index in [1.165, 1.54) is 0 Å². The number of hydrogen-bond donors (Lipinski definition) is 5. The molecule has 0 aliphatic heterocycles. The number of carbonyl (C=O) groups excluding carboxylic acids is 3. The van der Waals surface area contributed by atoms with Gasteiger partial charge in [-0.15, -0.1) is 0 Å². The van der Waals surface area contributed by atoms with Crippen molar-refractivity contribution >= 4 is 23.7 Å². The second kappa shape index (κ2) is 6.48. The van der Waals surface area contributed by atoms with E-state index in [2.05, 4.69) is 5.32 Å². The van der Waals surface area contributed by atoms with E-state index >= 15 is 0 Å². The Balaban J connectivity index is 3.51. The minimum atomic E-state index is -1.48. The van der Waals surface area contributed by atoms with Gasteiger partial charge in [0.2, 0.25) is 11.8 Å². The molecule has 0 saturated heterocycles. The topological polar surface area (TPSA) is 173 Å². The Hall–Kier alpha value is -2.94. The molecule has 0 saturated carbocycles. The van der Waals surface area contributed by atoms with Crippen LogP contribution in [0.5, 0.6) is 0 Å². The van der Waals surface area contributed by atoms with E-state index < -0.39 is 34.8 Å². The van der Waals surface area contributed by atoms with Crippen molar-refractivity contribution in [1.29, 1.82) is 0 Å². The van der Waals surface area contributed by atoms with Gasteiger partial charge in [-0.25, -0.2) is 4.79 Å². The number of nitrogens with two attached hydrogens (primary N) is 2. The van der Waals surface area contributed by atoms with Crippen molar-refractivity contribution in [2.75, 3.05) is 13.2 Å². The Morgan fingerprint density at radius 1 is 0.952 bits per heavy atom. The molecule has 3 amide bonds. The Morgan fingerprint density at radius 3 is 1.81 bits per heavy atom. The van der Waals surface area contributed by atoms with Gasteiger partial charge < -0.3 is 27.0 Å². The van der Waals surface area contributed by atoms with Crippen molar-refractivity contribution < 1.29 is 29.4 Å². The molecule has 0 bridgehead atoms. The van der Waals surface area contributed by atoms with Crippen LogP contribution in [0.3, 0.4) is 0 Å². The van der Waals surface area contributed by atoms with Crippen LogP contribution >= 0.6 is 0 Å². The molecule has 0 unspecified atom stereocenters. The number of amides is 3. The lowest BCUT2D eigenvalue weighted by atomic mass is 9.96. The van der Waals surface area contributed by atoms with Crippen LogP contribution in [0.4, 0.5) is 0 Å². The molecule has 1 rings (SSSR count). The zero-order valence-electron chi connectivity index (χ0n) is 10.8. The molecule has 1 aromatic carbocycles. The van der Waals surface area contributed by atoms with Gasteiger partial charge in [0.25, 0.3) is 5.91 Å². The molecule has 0 aliphatic carbocycles. The van der Waals surface area contributed by atoms with Gasteiger partial charge in [-0.3, -0.25) is 14.4 Å².